The molecule has 0 unspecified atom stereocenters. The first kappa shape index (κ1) is 17.9. The van der Waals surface area contributed by atoms with Crippen LogP contribution in [-0.2, 0) is 6.42 Å². The van der Waals surface area contributed by atoms with Crippen LogP contribution in [0.1, 0.15) is 28.8 Å². The van der Waals surface area contributed by atoms with Crippen LogP contribution in [0.15, 0.2) is 54.6 Å². The van der Waals surface area contributed by atoms with Gasteiger partial charge in [0.25, 0.3) is 5.91 Å². The molecule has 0 saturated carbocycles. The number of anilines is 3. The number of aryl methyl sites for hydroxylation is 2. The van der Waals surface area contributed by atoms with Crippen molar-refractivity contribution < 1.29 is 4.79 Å². The minimum atomic E-state index is -0.315. The molecule has 26 heavy (non-hydrogen) atoms. The van der Waals surface area contributed by atoms with Crippen molar-refractivity contribution in [1.82, 2.24) is 9.97 Å². The third-order valence-corrected chi connectivity index (χ3v) is 4.05. The summed E-state index contributed by atoms with van der Waals surface area (Å²) in [7, 11) is 0. The molecule has 5 nitrogen and oxygen atoms in total. The fourth-order valence-corrected chi connectivity index (χ4v) is 2.79. The molecule has 0 aliphatic carbocycles. The maximum atomic E-state index is 12.5. The number of aromatic nitrogens is 2. The van der Waals surface area contributed by atoms with Crippen LogP contribution in [-0.4, -0.2) is 15.9 Å². The van der Waals surface area contributed by atoms with Crippen molar-refractivity contribution in [3.63, 3.8) is 0 Å². The van der Waals surface area contributed by atoms with Gasteiger partial charge in [-0.05, 0) is 43.2 Å². The lowest BCUT2D eigenvalue weighted by atomic mass is 10.1. The van der Waals surface area contributed by atoms with Gasteiger partial charge in [0.1, 0.15) is 17.3 Å². The maximum Gasteiger partial charge on any atom is 0.274 e. The topological polar surface area (TPSA) is 66.9 Å². The molecule has 2 aromatic carbocycles. The van der Waals surface area contributed by atoms with E-state index in [1.165, 1.54) is 5.56 Å². The summed E-state index contributed by atoms with van der Waals surface area (Å²) in [5.41, 5.74) is 3.04. The highest BCUT2D eigenvalue weighted by atomic mass is 35.5. The van der Waals surface area contributed by atoms with Gasteiger partial charge in [0.05, 0.1) is 0 Å². The Morgan fingerprint density at radius 1 is 1.08 bits per heavy atom. The van der Waals surface area contributed by atoms with E-state index in [-0.39, 0.29) is 11.6 Å². The van der Waals surface area contributed by atoms with Crippen LogP contribution in [0.2, 0.25) is 5.02 Å². The summed E-state index contributed by atoms with van der Waals surface area (Å²) in [4.78, 5) is 21.2. The third kappa shape index (κ3) is 4.37. The Morgan fingerprint density at radius 2 is 1.88 bits per heavy atom. The number of nitrogens with zero attached hydrogens (tertiary/aromatic N) is 2. The number of para-hydroxylation sites is 1. The number of amides is 1. The van der Waals surface area contributed by atoms with E-state index in [2.05, 4.69) is 33.6 Å². The van der Waals surface area contributed by atoms with Crippen LogP contribution in [0.25, 0.3) is 0 Å². The number of hydrogen-bond acceptors (Lipinski definition) is 4. The third-order valence-electron chi connectivity index (χ3n) is 3.81. The first-order chi connectivity index (χ1) is 12.5. The largest absolute Gasteiger partial charge is 0.340 e. The molecule has 132 valence electrons. The summed E-state index contributed by atoms with van der Waals surface area (Å²) >= 11 is 5.96. The van der Waals surface area contributed by atoms with Crippen LogP contribution >= 0.6 is 11.6 Å². The Kier molecular flexibility index (Phi) is 5.49. The maximum absolute atomic E-state index is 12.5. The van der Waals surface area contributed by atoms with Gasteiger partial charge in [-0.15, -0.1) is 0 Å². The fraction of sp³-hybridized carbons (Fsp3) is 0.150. The smallest absolute Gasteiger partial charge is 0.274 e. The van der Waals surface area contributed by atoms with E-state index < -0.39 is 0 Å². The second kappa shape index (κ2) is 7.97. The molecule has 0 fully saturated rings. The summed E-state index contributed by atoms with van der Waals surface area (Å²) in [6.07, 6.45) is 0.898. The quantitative estimate of drug-likeness (QED) is 0.667. The lowest BCUT2D eigenvalue weighted by molar-refractivity contribution is 0.102. The molecule has 0 atom stereocenters. The van der Waals surface area contributed by atoms with Crippen molar-refractivity contribution in [2.24, 2.45) is 0 Å². The lowest BCUT2D eigenvalue weighted by Gasteiger charge is -2.12. The van der Waals surface area contributed by atoms with Crippen molar-refractivity contribution in [1.29, 1.82) is 0 Å². The van der Waals surface area contributed by atoms with Crippen LogP contribution in [0, 0.1) is 6.92 Å². The second-order valence-electron chi connectivity index (χ2n) is 5.79. The molecule has 1 amide bonds. The van der Waals surface area contributed by atoms with E-state index in [9.17, 15) is 4.79 Å². The number of carbonyl (C=O) groups excluding carboxylic acids is 1. The number of benzene rings is 2. The average molecular weight is 367 g/mol. The van der Waals surface area contributed by atoms with Crippen molar-refractivity contribution in [3.05, 3.63) is 76.7 Å². The highest BCUT2D eigenvalue weighted by Crippen LogP contribution is 2.21. The van der Waals surface area contributed by atoms with Crippen LogP contribution in [0.3, 0.4) is 0 Å². The normalized spacial score (nSPS) is 10.4. The van der Waals surface area contributed by atoms with Gasteiger partial charge in [-0.1, -0.05) is 42.8 Å². The minimum Gasteiger partial charge on any atom is -0.340 e. The molecule has 3 aromatic rings. The van der Waals surface area contributed by atoms with Crippen LogP contribution in [0.5, 0.6) is 0 Å². The first-order valence-electron chi connectivity index (χ1n) is 8.32. The number of rotatable bonds is 5. The van der Waals surface area contributed by atoms with Gasteiger partial charge in [-0.3, -0.25) is 4.79 Å². The summed E-state index contributed by atoms with van der Waals surface area (Å²) in [6.45, 7) is 3.85. The number of carbonyl (C=O) groups is 1. The van der Waals surface area contributed by atoms with Gasteiger partial charge < -0.3 is 10.6 Å². The Labute approximate surface area is 157 Å². The Morgan fingerprint density at radius 3 is 2.65 bits per heavy atom. The highest BCUT2D eigenvalue weighted by Gasteiger charge is 2.12. The van der Waals surface area contributed by atoms with E-state index in [1.54, 1.807) is 37.3 Å². The van der Waals surface area contributed by atoms with E-state index in [4.69, 9.17) is 11.6 Å². The molecule has 6 heteroatoms. The Balaban J connectivity index is 1.84. The van der Waals surface area contributed by atoms with Crippen LogP contribution in [0.4, 0.5) is 17.2 Å². The van der Waals surface area contributed by atoms with Crippen molar-refractivity contribution >= 4 is 34.7 Å². The van der Waals surface area contributed by atoms with Gasteiger partial charge in [0, 0.05) is 22.5 Å². The second-order valence-corrected chi connectivity index (χ2v) is 6.22. The Hall–Kier alpha value is -2.92. The van der Waals surface area contributed by atoms with E-state index in [0.29, 0.717) is 22.4 Å². The Bertz CT molecular complexity index is 943. The molecule has 1 heterocycles. The van der Waals surface area contributed by atoms with Crippen molar-refractivity contribution in [2.45, 2.75) is 20.3 Å². The fourth-order valence-electron chi connectivity index (χ4n) is 2.60. The SMILES string of the molecule is CCc1ccccc1Nc1cc(C(=O)Nc2cccc(Cl)c2)nc(C)n1. The first-order valence-corrected chi connectivity index (χ1v) is 8.70. The summed E-state index contributed by atoms with van der Waals surface area (Å²) in [5.74, 6) is 0.777. The predicted octanol–water partition coefficient (Wildman–Crippen LogP) is 5.00. The molecule has 0 aliphatic rings. The van der Waals surface area contributed by atoms with Gasteiger partial charge in [0.15, 0.2) is 0 Å². The van der Waals surface area contributed by atoms with E-state index in [1.807, 2.05) is 18.2 Å². The van der Waals surface area contributed by atoms with E-state index >= 15 is 0 Å². The standard InChI is InChI=1S/C20H19ClN4O/c1-3-14-7-4-5-10-17(14)25-19-12-18(22-13(2)23-19)20(26)24-16-9-6-8-15(21)11-16/h4-12H,3H2,1-2H3,(H,24,26)(H,22,23,25). The molecule has 1 aromatic heterocycles. The monoisotopic (exact) mass is 366 g/mol. The van der Waals surface area contributed by atoms with Gasteiger partial charge in [0.2, 0.25) is 0 Å². The molecule has 2 N–H and O–H groups in total. The molecule has 0 radical (unpaired) electrons. The zero-order valence-corrected chi connectivity index (χ0v) is 15.3. The van der Waals surface area contributed by atoms with Gasteiger partial charge in [-0.25, -0.2) is 9.97 Å². The minimum absolute atomic E-state index is 0.286. The molecule has 0 spiro atoms. The summed E-state index contributed by atoms with van der Waals surface area (Å²) in [6, 6.07) is 16.6. The number of nitrogens with one attached hydrogen (secondary N) is 2. The molecular formula is C20H19ClN4O. The molecule has 0 saturated heterocycles. The molecule has 0 aliphatic heterocycles. The van der Waals surface area contributed by atoms with E-state index in [0.717, 1.165) is 12.1 Å². The van der Waals surface area contributed by atoms with Crippen molar-refractivity contribution in [2.75, 3.05) is 10.6 Å². The molecule has 0 bridgehead atoms. The highest BCUT2D eigenvalue weighted by molar-refractivity contribution is 6.30. The van der Waals surface area contributed by atoms with Gasteiger partial charge >= 0.3 is 0 Å². The summed E-state index contributed by atoms with van der Waals surface area (Å²) < 4.78 is 0. The van der Waals surface area contributed by atoms with Crippen molar-refractivity contribution in [3.8, 4) is 0 Å². The molecular weight excluding hydrogens is 348 g/mol. The zero-order chi connectivity index (χ0) is 18.5. The van der Waals surface area contributed by atoms with Gasteiger partial charge in [-0.2, -0.15) is 0 Å². The zero-order valence-electron chi connectivity index (χ0n) is 14.6. The lowest BCUT2D eigenvalue weighted by Crippen LogP contribution is -2.15. The number of halogens is 1. The number of hydrogen-bond donors (Lipinski definition) is 2. The van der Waals surface area contributed by atoms with Crippen LogP contribution < -0.4 is 10.6 Å². The summed E-state index contributed by atoms with van der Waals surface area (Å²) in [5, 5.41) is 6.63. The molecule has 3 rings (SSSR count). The predicted molar refractivity (Wildman–Crippen MR) is 105 cm³/mol. The average Bonchev–Trinajstić information content (AvgIpc) is 2.61.